The highest BCUT2D eigenvalue weighted by molar-refractivity contribution is 7.99. The van der Waals surface area contributed by atoms with Gasteiger partial charge in [-0.1, -0.05) is 6.92 Å². The molecule has 0 aliphatic carbocycles. The van der Waals surface area contributed by atoms with Crippen molar-refractivity contribution >= 4 is 17.4 Å². The van der Waals surface area contributed by atoms with E-state index in [-0.39, 0.29) is 6.61 Å². The van der Waals surface area contributed by atoms with Crippen molar-refractivity contribution in [2.24, 2.45) is 0 Å². The lowest BCUT2D eigenvalue weighted by atomic mass is 10.3. The highest BCUT2D eigenvalue weighted by Crippen LogP contribution is 2.16. The third-order valence-electron chi connectivity index (χ3n) is 2.38. The Morgan fingerprint density at radius 3 is 2.71 bits per heavy atom. The third kappa shape index (κ3) is 6.44. The van der Waals surface area contributed by atoms with Crippen molar-refractivity contribution in [1.29, 1.82) is 0 Å². The molecule has 0 radical (unpaired) electrons. The molecule has 96 valence electrons. The number of hydrogen-bond donors (Lipinski definition) is 2. The van der Waals surface area contributed by atoms with Crippen LogP contribution >= 0.6 is 11.8 Å². The Labute approximate surface area is 107 Å². The van der Waals surface area contributed by atoms with Gasteiger partial charge in [0.25, 0.3) is 0 Å². The van der Waals surface area contributed by atoms with Crippen molar-refractivity contribution in [3.05, 3.63) is 24.3 Å². The van der Waals surface area contributed by atoms with Crippen LogP contribution in [0.15, 0.2) is 24.3 Å². The molecular weight excluding hydrogens is 234 g/mol. The number of thioether (sulfide) groups is 1. The fourth-order valence-corrected chi connectivity index (χ4v) is 2.32. The maximum absolute atomic E-state index is 8.76. The van der Waals surface area contributed by atoms with E-state index in [0.29, 0.717) is 5.25 Å². The van der Waals surface area contributed by atoms with Crippen LogP contribution in [0, 0.1) is 0 Å². The number of benzene rings is 1. The van der Waals surface area contributed by atoms with Crippen LogP contribution in [0.25, 0.3) is 0 Å². The zero-order valence-electron chi connectivity index (χ0n) is 10.3. The second-order valence-corrected chi connectivity index (χ2v) is 5.51. The summed E-state index contributed by atoms with van der Waals surface area (Å²) in [6, 6.07) is 7.45. The van der Waals surface area contributed by atoms with E-state index in [0.717, 1.165) is 36.6 Å². The predicted octanol–water partition coefficient (Wildman–Crippen LogP) is 2.54. The van der Waals surface area contributed by atoms with E-state index in [9.17, 15) is 0 Å². The number of hydrogen-bond acceptors (Lipinski definition) is 4. The number of nitrogen functional groups attached to an aromatic ring is 1. The van der Waals surface area contributed by atoms with E-state index in [4.69, 9.17) is 15.6 Å². The molecule has 3 nitrogen and oxygen atoms in total. The van der Waals surface area contributed by atoms with Crippen LogP contribution in [0.2, 0.25) is 0 Å². The molecule has 0 saturated carbocycles. The summed E-state index contributed by atoms with van der Waals surface area (Å²) in [5, 5.41) is 9.29. The first-order valence-corrected chi connectivity index (χ1v) is 6.98. The van der Waals surface area contributed by atoms with E-state index >= 15 is 0 Å². The molecule has 0 spiro atoms. The van der Waals surface area contributed by atoms with Crippen LogP contribution in [-0.2, 0) is 0 Å². The molecule has 0 saturated heterocycles. The fraction of sp³-hybridized carbons (Fsp3) is 0.538. The second-order valence-electron chi connectivity index (χ2n) is 3.96. The van der Waals surface area contributed by atoms with E-state index < -0.39 is 0 Å². The minimum Gasteiger partial charge on any atom is -0.494 e. The third-order valence-corrected chi connectivity index (χ3v) is 3.70. The Morgan fingerprint density at radius 1 is 1.35 bits per heavy atom. The summed E-state index contributed by atoms with van der Waals surface area (Å²) in [4.78, 5) is 0. The van der Waals surface area contributed by atoms with Gasteiger partial charge in [-0.05, 0) is 42.9 Å². The smallest absolute Gasteiger partial charge is 0.119 e. The van der Waals surface area contributed by atoms with Crippen LogP contribution in [0.4, 0.5) is 5.69 Å². The highest BCUT2D eigenvalue weighted by Gasteiger charge is 2.01. The number of ether oxygens (including phenoxy) is 1. The van der Waals surface area contributed by atoms with Gasteiger partial charge in [0, 0.05) is 17.5 Å². The summed E-state index contributed by atoms with van der Waals surface area (Å²) in [5.74, 6) is 1.93. The van der Waals surface area contributed by atoms with Crippen molar-refractivity contribution in [2.75, 3.05) is 24.7 Å². The van der Waals surface area contributed by atoms with E-state index in [1.54, 1.807) is 0 Å². The van der Waals surface area contributed by atoms with Crippen LogP contribution in [-0.4, -0.2) is 29.3 Å². The maximum Gasteiger partial charge on any atom is 0.119 e. The van der Waals surface area contributed by atoms with Gasteiger partial charge in [0.2, 0.25) is 0 Å². The van der Waals surface area contributed by atoms with Gasteiger partial charge in [0.15, 0.2) is 0 Å². The second kappa shape index (κ2) is 8.25. The minimum atomic E-state index is 0.274. The number of aliphatic hydroxyl groups excluding tert-OH is 1. The van der Waals surface area contributed by atoms with Crippen molar-refractivity contribution in [3.63, 3.8) is 0 Å². The lowest BCUT2D eigenvalue weighted by Gasteiger charge is -2.10. The molecule has 1 aromatic rings. The largest absolute Gasteiger partial charge is 0.494 e. The first-order valence-electron chi connectivity index (χ1n) is 5.93. The molecule has 1 unspecified atom stereocenters. The van der Waals surface area contributed by atoms with Gasteiger partial charge in [-0.3, -0.25) is 0 Å². The molecule has 0 aliphatic rings. The lowest BCUT2D eigenvalue weighted by Crippen LogP contribution is -2.03. The normalized spacial score (nSPS) is 12.4. The Balaban J connectivity index is 2.06. The Kier molecular flexibility index (Phi) is 6.89. The van der Waals surface area contributed by atoms with Crippen molar-refractivity contribution < 1.29 is 9.84 Å². The molecule has 0 fully saturated rings. The molecule has 1 rings (SSSR count). The first-order chi connectivity index (χ1) is 8.22. The summed E-state index contributed by atoms with van der Waals surface area (Å²) < 4.78 is 5.58. The molecule has 17 heavy (non-hydrogen) atoms. The highest BCUT2D eigenvalue weighted by atomic mass is 32.2. The summed E-state index contributed by atoms with van der Waals surface area (Å²) >= 11 is 1.88. The van der Waals surface area contributed by atoms with Gasteiger partial charge in [-0.2, -0.15) is 11.8 Å². The quantitative estimate of drug-likeness (QED) is 0.553. The lowest BCUT2D eigenvalue weighted by molar-refractivity contribution is 0.288. The van der Waals surface area contributed by atoms with Gasteiger partial charge in [0.05, 0.1) is 6.61 Å². The molecule has 3 N–H and O–H groups in total. The first kappa shape index (κ1) is 14.2. The Hall–Kier alpha value is -0.870. The van der Waals surface area contributed by atoms with Gasteiger partial charge < -0.3 is 15.6 Å². The van der Waals surface area contributed by atoms with E-state index in [1.807, 2.05) is 36.0 Å². The van der Waals surface area contributed by atoms with Crippen LogP contribution in [0.3, 0.4) is 0 Å². The summed E-state index contributed by atoms with van der Waals surface area (Å²) in [7, 11) is 0. The molecule has 0 aliphatic heterocycles. The van der Waals surface area contributed by atoms with Crippen LogP contribution in [0.5, 0.6) is 5.75 Å². The number of aliphatic hydroxyl groups is 1. The molecule has 0 bridgehead atoms. The van der Waals surface area contributed by atoms with Gasteiger partial charge in [-0.25, -0.2) is 0 Å². The van der Waals surface area contributed by atoms with Crippen molar-refractivity contribution in [1.82, 2.24) is 0 Å². The van der Waals surface area contributed by atoms with Crippen molar-refractivity contribution in [3.8, 4) is 5.75 Å². The fourth-order valence-electron chi connectivity index (χ4n) is 1.36. The monoisotopic (exact) mass is 255 g/mol. The summed E-state index contributed by atoms with van der Waals surface area (Å²) in [5.41, 5.74) is 6.34. The summed E-state index contributed by atoms with van der Waals surface area (Å²) in [6.45, 7) is 3.14. The van der Waals surface area contributed by atoms with Gasteiger partial charge in [0.1, 0.15) is 5.75 Å². The van der Waals surface area contributed by atoms with E-state index in [1.165, 1.54) is 0 Å². The number of rotatable bonds is 8. The molecule has 1 atom stereocenters. The number of anilines is 1. The molecule has 4 heteroatoms. The minimum absolute atomic E-state index is 0.274. The van der Waals surface area contributed by atoms with E-state index in [2.05, 4.69) is 6.92 Å². The summed E-state index contributed by atoms with van der Waals surface area (Å²) in [6.07, 6.45) is 1.88. The standard InChI is InChI=1S/C13H21NO2S/c1-11(7-8-15)17-10-2-9-16-13-5-3-12(14)4-6-13/h3-6,11,15H,2,7-10,14H2,1H3. The average Bonchev–Trinajstić information content (AvgIpc) is 2.31. The SMILES string of the molecule is CC(CCO)SCCCOc1ccc(N)cc1. The zero-order chi connectivity index (χ0) is 12.5. The van der Waals surface area contributed by atoms with Crippen LogP contribution in [0.1, 0.15) is 19.8 Å². The van der Waals surface area contributed by atoms with Crippen molar-refractivity contribution in [2.45, 2.75) is 25.0 Å². The topological polar surface area (TPSA) is 55.5 Å². The van der Waals surface area contributed by atoms with Crippen LogP contribution < -0.4 is 10.5 Å². The Bertz CT molecular complexity index is 303. The Morgan fingerprint density at radius 2 is 2.06 bits per heavy atom. The zero-order valence-corrected chi connectivity index (χ0v) is 11.1. The molecular formula is C13H21NO2S. The molecule has 1 aromatic carbocycles. The molecule has 0 heterocycles. The van der Waals surface area contributed by atoms with Gasteiger partial charge in [-0.15, -0.1) is 0 Å². The number of nitrogens with two attached hydrogens (primary N) is 1. The molecule has 0 aromatic heterocycles. The average molecular weight is 255 g/mol. The van der Waals surface area contributed by atoms with Gasteiger partial charge >= 0.3 is 0 Å². The maximum atomic E-state index is 8.76. The predicted molar refractivity (Wildman–Crippen MR) is 74.6 cm³/mol. The molecule has 0 amide bonds.